The zero-order valence-corrected chi connectivity index (χ0v) is 10.3. The molecule has 86 valence electrons. The molecule has 0 bridgehead atoms. The van der Waals surface area contributed by atoms with Gasteiger partial charge in [-0.2, -0.15) is 0 Å². The highest BCUT2D eigenvalue weighted by Crippen LogP contribution is 2.19. The average Bonchev–Trinajstić information content (AvgIpc) is 2.33. The summed E-state index contributed by atoms with van der Waals surface area (Å²) in [6.45, 7) is 3.70. The Hall–Kier alpha value is -1.02. The number of carbonyl (C=O) groups excluding carboxylic acids is 1. The molecule has 0 radical (unpaired) electrons. The largest absolute Gasteiger partial charge is 0.339 e. The van der Waals surface area contributed by atoms with Crippen molar-refractivity contribution < 1.29 is 4.79 Å². The van der Waals surface area contributed by atoms with Crippen LogP contribution in [0.5, 0.6) is 0 Å². The minimum atomic E-state index is 0.113. The Bertz CT molecular complexity index is 397. The molecule has 0 unspecified atom stereocenters. The summed E-state index contributed by atoms with van der Waals surface area (Å²) in [5, 5.41) is 0.669. The summed E-state index contributed by atoms with van der Waals surface area (Å²) in [5.41, 5.74) is 1.72. The first kappa shape index (κ1) is 11.5. The van der Waals surface area contributed by atoms with Crippen molar-refractivity contribution in [1.82, 2.24) is 4.90 Å². The van der Waals surface area contributed by atoms with Crippen LogP contribution in [0.1, 0.15) is 35.2 Å². The maximum atomic E-state index is 12.1. The fraction of sp³-hybridized carbons (Fsp3) is 0.462. The summed E-state index contributed by atoms with van der Waals surface area (Å²) in [6, 6.07) is 5.53. The van der Waals surface area contributed by atoms with Gasteiger partial charge in [-0.1, -0.05) is 17.7 Å². The number of hydrogen-bond donors (Lipinski definition) is 0. The van der Waals surface area contributed by atoms with E-state index in [9.17, 15) is 4.79 Å². The molecular weight excluding hydrogens is 222 g/mol. The number of hydrogen-bond acceptors (Lipinski definition) is 1. The predicted octanol–water partition coefficient (Wildman–Crippen LogP) is 3.27. The van der Waals surface area contributed by atoms with Crippen LogP contribution in [0.15, 0.2) is 18.2 Å². The van der Waals surface area contributed by atoms with E-state index in [0.717, 1.165) is 31.5 Å². The van der Waals surface area contributed by atoms with Gasteiger partial charge >= 0.3 is 0 Å². The van der Waals surface area contributed by atoms with E-state index in [0.29, 0.717) is 10.6 Å². The quantitative estimate of drug-likeness (QED) is 0.734. The number of likely N-dealkylation sites (tertiary alicyclic amines) is 1. The summed E-state index contributed by atoms with van der Waals surface area (Å²) in [4.78, 5) is 14.1. The lowest BCUT2D eigenvalue weighted by Gasteiger charge is -2.26. The van der Waals surface area contributed by atoms with Crippen molar-refractivity contribution in [3.05, 3.63) is 34.3 Å². The second-order valence-corrected chi connectivity index (χ2v) is 4.72. The number of rotatable bonds is 1. The molecule has 0 spiro atoms. The molecule has 2 rings (SSSR count). The fourth-order valence-corrected chi connectivity index (χ4v) is 2.19. The first-order chi connectivity index (χ1) is 7.68. The molecule has 16 heavy (non-hydrogen) atoms. The van der Waals surface area contributed by atoms with Crippen molar-refractivity contribution in [2.45, 2.75) is 26.2 Å². The molecule has 1 aliphatic rings. The van der Waals surface area contributed by atoms with Crippen molar-refractivity contribution in [2.24, 2.45) is 0 Å². The van der Waals surface area contributed by atoms with Crippen LogP contribution >= 0.6 is 11.6 Å². The average molecular weight is 238 g/mol. The van der Waals surface area contributed by atoms with Crippen LogP contribution in [0.25, 0.3) is 0 Å². The van der Waals surface area contributed by atoms with E-state index >= 15 is 0 Å². The van der Waals surface area contributed by atoms with Gasteiger partial charge in [0.05, 0.1) is 0 Å². The van der Waals surface area contributed by atoms with Crippen LogP contribution < -0.4 is 0 Å². The summed E-state index contributed by atoms with van der Waals surface area (Å²) < 4.78 is 0. The SMILES string of the molecule is Cc1ccc(C(=O)N2CCCCC2)cc1Cl. The number of aryl methyl sites for hydroxylation is 1. The molecule has 0 atom stereocenters. The molecule has 2 nitrogen and oxygen atoms in total. The minimum absolute atomic E-state index is 0.113. The van der Waals surface area contributed by atoms with Crippen LogP contribution in [-0.2, 0) is 0 Å². The van der Waals surface area contributed by atoms with Crippen LogP contribution in [0, 0.1) is 6.92 Å². The Balaban J connectivity index is 2.16. The first-order valence-electron chi connectivity index (χ1n) is 5.74. The smallest absolute Gasteiger partial charge is 0.253 e. The molecule has 0 aliphatic carbocycles. The van der Waals surface area contributed by atoms with Gasteiger partial charge in [0.25, 0.3) is 5.91 Å². The van der Waals surface area contributed by atoms with Crippen LogP contribution in [0.2, 0.25) is 5.02 Å². The maximum absolute atomic E-state index is 12.1. The van der Waals surface area contributed by atoms with E-state index in [4.69, 9.17) is 11.6 Å². The molecule has 1 aliphatic heterocycles. The van der Waals surface area contributed by atoms with Gasteiger partial charge in [-0.15, -0.1) is 0 Å². The van der Waals surface area contributed by atoms with Crippen molar-refractivity contribution in [3.63, 3.8) is 0 Å². The highest BCUT2D eigenvalue weighted by Gasteiger charge is 2.18. The van der Waals surface area contributed by atoms with Crippen molar-refractivity contribution >= 4 is 17.5 Å². The Labute approximate surface area is 101 Å². The van der Waals surface area contributed by atoms with Gasteiger partial charge in [-0.05, 0) is 43.9 Å². The summed E-state index contributed by atoms with van der Waals surface area (Å²) in [5.74, 6) is 0.113. The molecule has 1 aromatic rings. The first-order valence-corrected chi connectivity index (χ1v) is 6.12. The number of nitrogens with zero attached hydrogens (tertiary/aromatic N) is 1. The zero-order chi connectivity index (χ0) is 11.5. The van der Waals surface area contributed by atoms with Crippen LogP contribution in [0.4, 0.5) is 0 Å². The summed E-state index contributed by atoms with van der Waals surface area (Å²) >= 11 is 6.03. The van der Waals surface area contributed by atoms with Crippen molar-refractivity contribution in [1.29, 1.82) is 0 Å². The Kier molecular flexibility index (Phi) is 3.49. The van der Waals surface area contributed by atoms with Gasteiger partial charge in [-0.3, -0.25) is 4.79 Å². The van der Waals surface area contributed by atoms with Gasteiger partial charge in [0.1, 0.15) is 0 Å². The van der Waals surface area contributed by atoms with Gasteiger partial charge in [0.2, 0.25) is 0 Å². The fourth-order valence-electron chi connectivity index (χ4n) is 2.01. The summed E-state index contributed by atoms with van der Waals surface area (Å²) in [6.07, 6.45) is 3.47. The second kappa shape index (κ2) is 4.88. The number of carbonyl (C=O) groups is 1. The molecule has 0 N–H and O–H groups in total. The highest BCUT2D eigenvalue weighted by molar-refractivity contribution is 6.31. The third-order valence-corrected chi connectivity index (χ3v) is 3.47. The van der Waals surface area contributed by atoms with E-state index < -0.39 is 0 Å². The summed E-state index contributed by atoms with van der Waals surface area (Å²) in [7, 11) is 0. The van der Waals surface area contributed by atoms with Crippen molar-refractivity contribution in [3.8, 4) is 0 Å². The zero-order valence-electron chi connectivity index (χ0n) is 9.50. The monoisotopic (exact) mass is 237 g/mol. The maximum Gasteiger partial charge on any atom is 0.253 e. The molecule has 1 aromatic carbocycles. The lowest BCUT2D eigenvalue weighted by atomic mass is 10.1. The van der Waals surface area contributed by atoms with E-state index in [1.165, 1.54) is 6.42 Å². The topological polar surface area (TPSA) is 20.3 Å². The van der Waals surface area contributed by atoms with Crippen LogP contribution in [-0.4, -0.2) is 23.9 Å². The number of halogens is 1. The predicted molar refractivity (Wildman–Crippen MR) is 65.9 cm³/mol. The molecule has 0 saturated carbocycles. The van der Waals surface area contributed by atoms with Gasteiger partial charge in [0.15, 0.2) is 0 Å². The Morgan fingerprint density at radius 2 is 1.94 bits per heavy atom. The number of benzene rings is 1. The van der Waals surface area contributed by atoms with Crippen LogP contribution in [0.3, 0.4) is 0 Å². The Morgan fingerprint density at radius 3 is 2.56 bits per heavy atom. The Morgan fingerprint density at radius 1 is 1.25 bits per heavy atom. The highest BCUT2D eigenvalue weighted by atomic mass is 35.5. The van der Waals surface area contributed by atoms with E-state index in [1.807, 2.05) is 24.0 Å². The molecular formula is C13H16ClNO. The standard InChI is InChI=1S/C13H16ClNO/c1-10-5-6-11(9-12(10)14)13(16)15-7-3-2-4-8-15/h5-6,9H,2-4,7-8H2,1H3. The molecule has 3 heteroatoms. The lowest BCUT2D eigenvalue weighted by molar-refractivity contribution is 0.0724. The van der Waals surface area contributed by atoms with Gasteiger partial charge in [-0.25, -0.2) is 0 Å². The molecule has 1 saturated heterocycles. The minimum Gasteiger partial charge on any atom is -0.339 e. The van der Waals surface area contributed by atoms with E-state index in [2.05, 4.69) is 0 Å². The molecule has 0 aromatic heterocycles. The van der Waals surface area contributed by atoms with Gasteiger partial charge in [0, 0.05) is 23.7 Å². The number of amides is 1. The lowest BCUT2D eigenvalue weighted by Crippen LogP contribution is -2.35. The van der Waals surface area contributed by atoms with Gasteiger partial charge < -0.3 is 4.90 Å². The third-order valence-electron chi connectivity index (χ3n) is 3.06. The van der Waals surface area contributed by atoms with E-state index in [-0.39, 0.29) is 5.91 Å². The number of piperidine rings is 1. The normalized spacial score (nSPS) is 16.2. The molecule has 1 fully saturated rings. The molecule has 1 heterocycles. The van der Waals surface area contributed by atoms with E-state index in [1.54, 1.807) is 6.07 Å². The third kappa shape index (κ3) is 2.38. The van der Waals surface area contributed by atoms with Crippen molar-refractivity contribution in [2.75, 3.05) is 13.1 Å². The molecule has 1 amide bonds. The second-order valence-electron chi connectivity index (χ2n) is 4.32.